The van der Waals surface area contributed by atoms with Gasteiger partial charge >= 0.3 is 0 Å². The molecular weight excluding hydrogens is 238 g/mol. The van der Waals surface area contributed by atoms with Crippen molar-refractivity contribution in [3.63, 3.8) is 0 Å². The topological polar surface area (TPSA) is 48.0 Å². The lowest BCUT2D eigenvalue weighted by Crippen LogP contribution is -1.96. The number of hydrogen-bond donors (Lipinski definition) is 0. The van der Waals surface area contributed by atoms with Gasteiger partial charge in [-0.05, 0) is 12.1 Å². The van der Waals surface area contributed by atoms with Crippen LogP contribution in [0.3, 0.4) is 0 Å². The SMILES string of the molecule is C=CCn1cnc2c1ncn1c3ccccc3nc21. The molecule has 92 valence electrons. The van der Waals surface area contributed by atoms with Gasteiger partial charge in [-0.1, -0.05) is 18.2 Å². The molecule has 5 nitrogen and oxygen atoms in total. The summed E-state index contributed by atoms with van der Waals surface area (Å²) in [4.78, 5) is 13.6. The van der Waals surface area contributed by atoms with Crippen molar-refractivity contribution >= 4 is 27.8 Å². The number of aromatic nitrogens is 5. The summed E-state index contributed by atoms with van der Waals surface area (Å²) in [6.07, 6.45) is 5.40. The molecule has 0 atom stereocenters. The Morgan fingerprint density at radius 1 is 1.11 bits per heavy atom. The lowest BCUT2D eigenvalue weighted by molar-refractivity contribution is 0.837. The summed E-state index contributed by atoms with van der Waals surface area (Å²) in [5.74, 6) is 0. The van der Waals surface area contributed by atoms with Crippen molar-refractivity contribution in [2.75, 3.05) is 0 Å². The van der Waals surface area contributed by atoms with Gasteiger partial charge in [-0.2, -0.15) is 0 Å². The summed E-state index contributed by atoms with van der Waals surface area (Å²) in [6, 6.07) is 8.01. The largest absolute Gasteiger partial charge is 0.311 e. The second kappa shape index (κ2) is 3.65. The highest BCUT2D eigenvalue weighted by atomic mass is 15.2. The van der Waals surface area contributed by atoms with Gasteiger partial charge in [-0.3, -0.25) is 4.40 Å². The van der Waals surface area contributed by atoms with E-state index >= 15 is 0 Å². The van der Waals surface area contributed by atoms with E-state index in [1.54, 1.807) is 12.7 Å². The molecule has 4 rings (SSSR count). The van der Waals surface area contributed by atoms with Crippen molar-refractivity contribution in [1.82, 2.24) is 23.9 Å². The van der Waals surface area contributed by atoms with Crippen LogP contribution in [0.5, 0.6) is 0 Å². The first-order chi connectivity index (χ1) is 9.38. The Bertz CT molecular complexity index is 915. The molecule has 0 saturated carbocycles. The van der Waals surface area contributed by atoms with E-state index in [4.69, 9.17) is 0 Å². The van der Waals surface area contributed by atoms with Crippen LogP contribution in [0.4, 0.5) is 0 Å². The van der Waals surface area contributed by atoms with Crippen molar-refractivity contribution in [2.24, 2.45) is 0 Å². The summed E-state index contributed by atoms with van der Waals surface area (Å²) < 4.78 is 3.94. The van der Waals surface area contributed by atoms with Crippen LogP contribution in [-0.2, 0) is 6.54 Å². The third kappa shape index (κ3) is 1.32. The predicted molar refractivity (Wildman–Crippen MR) is 74.0 cm³/mol. The lowest BCUT2D eigenvalue weighted by Gasteiger charge is -1.99. The fraction of sp³-hybridized carbons (Fsp3) is 0.0714. The van der Waals surface area contributed by atoms with Gasteiger partial charge in [-0.25, -0.2) is 15.0 Å². The van der Waals surface area contributed by atoms with Crippen LogP contribution in [0.25, 0.3) is 27.8 Å². The highest BCUT2D eigenvalue weighted by Gasteiger charge is 2.11. The van der Waals surface area contributed by atoms with E-state index in [-0.39, 0.29) is 0 Å². The zero-order valence-electron chi connectivity index (χ0n) is 10.2. The van der Waals surface area contributed by atoms with E-state index in [1.807, 2.05) is 39.3 Å². The van der Waals surface area contributed by atoms with Crippen LogP contribution in [-0.4, -0.2) is 23.9 Å². The van der Waals surface area contributed by atoms with Gasteiger partial charge in [0.15, 0.2) is 16.8 Å². The van der Waals surface area contributed by atoms with Crippen LogP contribution >= 0.6 is 0 Å². The molecule has 0 saturated heterocycles. The average molecular weight is 249 g/mol. The molecule has 5 heteroatoms. The standard InChI is InChI=1S/C14H11N5/c1-2-7-18-8-15-12-13(18)16-9-19-11-6-4-3-5-10(11)17-14(12)19/h2-6,8-9H,1,7H2. The predicted octanol–water partition coefficient (Wildman–Crippen LogP) is 2.42. The molecule has 0 N–H and O–H groups in total. The monoisotopic (exact) mass is 249 g/mol. The molecule has 0 fully saturated rings. The van der Waals surface area contributed by atoms with Crippen molar-refractivity contribution in [1.29, 1.82) is 0 Å². The normalized spacial score (nSPS) is 11.6. The Morgan fingerprint density at radius 2 is 2.00 bits per heavy atom. The maximum atomic E-state index is 4.64. The Hall–Kier alpha value is -2.69. The van der Waals surface area contributed by atoms with Crippen LogP contribution in [0.2, 0.25) is 0 Å². The molecule has 3 aromatic heterocycles. The second-order valence-electron chi connectivity index (χ2n) is 4.40. The van der Waals surface area contributed by atoms with Gasteiger partial charge in [0, 0.05) is 6.54 Å². The van der Waals surface area contributed by atoms with Crippen LogP contribution < -0.4 is 0 Å². The summed E-state index contributed by atoms with van der Waals surface area (Å²) in [5, 5.41) is 0. The lowest BCUT2D eigenvalue weighted by atomic mass is 10.3. The third-order valence-corrected chi connectivity index (χ3v) is 3.24. The van der Waals surface area contributed by atoms with E-state index < -0.39 is 0 Å². The molecule has 19 heavy (non-hydrogen) atoms. The molecule has 0 amide bonds. The number of benzene rings is 1. The zero-order valence-corrected chi connectivity index (χ0v) is 10.2. The molecule has 0 spiro atoms. The van der Waals surface area contributed by atoms with Gasteiger partial charge in [0.05, 0.1) is 17.4 Å². The van der Waals surface area contributed by atoms with E-state index in [0.29, 0.717) is 6.54 Å². The maximum absolute atomic E-state index is 4.64. The summed E-state index contributed by atoms with van der Waals surface area (Å²) in [5.41, 5.74) is 4.50. The van der Waals surface area contributed by atoms with Gasteiger partial charge in [0.1, 0.15) is 6.33 Å². The number of imidazole rings is 2. The minimum absolute atomic E-state index is 0.694. The molecule has 0 aliphatic carbocycles. The van der Waals surface area contributed by atoms with Crippen molar-refractivity contribution in [3.8, 4) is 0 Å². The van der Waals surface area contributed by atoms with E-state index in [0.717, 1.165) is 27.8 Å². The minimum Gasteiger partial charge on any atom is -0.311 e. The number of allylic oxidation sites excluding steroid dienone is 1. The molecule has 4 aromatic rings. The fourth-order valence-electron chi connectivity index (χ4n) is 2.38. The molecule has 0 aliphatic rings. The van der Waals surface area contributed by atoms with Gasteiger partial charge in [-0.15, -0.1) is 6.58 Å². The number of rotatable bonds is 2. The van der Waals surface area contributed by atoms with Gasteiger partial charge < -0.3 is 4.57 Å². The number of nitrogens with zero attached hydrogens (tertiary/aromatic N) is 5. The first-order valence-electron chi connectivity index (χ1n) is 6.06. The number of para-hydroxylation sites is 2. The van der Waals surface area contributed by atoms with Crippen molar-refractivity contribution in [3.05, 3.63) is 49.6 Å². The summed E-state index contributed by atoms with van der Waals surface area (Å²) in [7, 11) is 0. The van der Waals surface area contributed by atoms with Crippen LogP contribution in [0.1, 0.15) is 0 Å². The highest BCUT2D eigenvalue weighted by molar-refractivity contribution is 5.92. The maximum Gasteiger partial charge on any atom is 0.169 e. The zero-order chi connectivity index (χ0) is 12.8. The quantitative estimate of drug-likeness (QED) is 0.512. The van der Waals surface area contributed by atoms with Crippen LogP contribution in [0.15, 0.2) is 49.6 Å². The smallest absolute Gasteiger partial charge is 0.169 e. The molecular formula is C14H11N5. The van der Waals surface area contributed by atoms with E-state index in [9.17, 15) is 0 Å². The molecule has 1 aromatic carbocycles. The second-order valence-corrected chi connectivity index (χ2v) is 4.40. The Kier molecular flexibility index (Phi) is 1.97. The highest BCUT2D eigenvalue weighted by Crippen LogP contribution is 2.21. The van der Waals surface area contributed by atoms with Crippen molar-refractivity contribution in [2.45, 2.75) is 6.54 Å². The van der Waals surface area contributed by atoms with Gasteiger partial charge in [0.2, 0.25) is 0 Å². The van der Waals surface area contributed by atoms with E-state index in [1.165, 1.54) is 0 Å². The first kappa shape index (κ1) is 10.3. The molecule has 0 aliphatic heterocycles. The Labute approximate surface area is 108 Å². The molecule has 0 radical (unpaired) electrons. The number of fused-ring (bicyclic) bond motifs is 5. The molecule has 3 heterocycles. The summed E-state index contributed by atoms with van der Waals surface area (Å²) >= 11 is 0. The fourth-order valence-corrected chi connectivity index (χ4v) is 2.38. The Balaban J connectivity index is 2.16. The van der Waals surface area contributed by atoms with Gasteiger partial charge in [0.25, 0.3) is 0 Å². The minimum atomic E-state index is 0.694. The number of hydrogen-bond acceptors (Lipinski definition) is 3. The summed E-state index contributed by atoms with van der Waals surface area (Å²) in [6.45, 7) is 4.44. The first-order valence-corrected chi connectivity index (χ1v) is 6.06. The molecule has 0 unspecified atom stereocenters. The van der Waals surface area contributed by atoms with Crippen molar-refractivity contribution < 1.29 is 0 Å². The average Bonchev–Trinajstić information content (AvgIpc) is 3.00. The third-order valence-electron chi connectivity index (χ3n) is 3.24. The van der Waals surface area contributed by atoms with E-state index in [2.05, 4.69) is 21.5 Å². The Morgan fingerprint density at radius 3 is 2.89 bits per heavy atom. The molecule has 0 bridgehead atoms. The van der Waals surface area contributed by atoms with Crippen LogP contribution in [0, 0.1) is 0 Å².